The molecule has 1 aromatic carbocycles. The van der Waals surface area contributed by atoms with Gasteiger partial charge in [-0.3, -0.25) is 9.69 Å². The van der Waals surface area contributed by atoms with E-state index >= 15 is 0 Å². The van der Waals surface area contributed by atoms with Gasteiger partial charge in [-0.2, -0.15) is 15.4 Å². The van der Waals surface area contributed by atoms with Crippen molar-refractivity contribution in [2.45, 2.75) is 6.42 Å². The van der Waals surface area contributed by atoms with Crippen LogP contribution in [0.25, 0.3) is 0 Å². The summed E-state index contributed by atoms with van der Waals surface area (Å²) < 4.78 is 18.4. The van der Waals surface area contributed by atoms with Gasteiger partial charge in [-0.05, 0) is 30.7 Å². The summed E-state index contributed by atoms with van der Waals surface area (Å²) in [5, 5.41) is 9.95. The molecule has 0 unspecified atom stereocenters. The lowest BCUT2D eigenvalue weighted by molar-refractivity contribution is 0.0625. The number of ether oxygens (including phenoxy) is 1. The lowest BCUT2D eigenvalue weighted by Crippen LogP contribution is -2.49. The maximum Gasteiger partial charge on any atom is 0.276 e. The first-order chi connectivity index (χ1) is 11.7. The molecule has 7 nitrogen and oxygen atoms in total. The average molecular weight is 333 g/mol. The number of amides is 1. The standard InChI is InChI=1S/C16H20FN5O2/c17-13-2-4-14(5-3-13)24-11-1-6-21-7-9-22(10-8-21)16(23)15-12-18-20-19-15/h2-5,12H,1,6-11H2,(H,18,19,20). The Morgan fingerprint density at radius 3 is 2.62 bits per heavy atom. The molecule has 0 aliphatic carbocycles. The van der Waals surface area contributed by atoms with Crippen LogP contribution < -0.4 is 4.74 Å². The van der Waals surface area contributed by atoms with E-state index in [1.54, 1.807) is 17.0 Å². The highest BCUT2D eigenvalue weighted by Gasteiger charge is 2.23. The predicted molar refractivity (Wildman–Crippen MR) is 85.2 cm³/mol. The fourth-order valence-corrected chi connectivity index (χ4v) is 2.65. The molecule has 2 heterocycles. The average Bonchev–Trinajstić information content (AvgIpc) is 3.15. The molecule has 0 saturated carbocycles. The molecule has 1 fully saturated rings. The third-order valence-electron chi connectivity index (χ3n) is 3.99. The molecule has 24 heavy (non-hydrogen) atoms. The van der Waals surface area contributed by atoms with Crippen LogP contribution in [-0.4, -0.2) is 70.4 Å². The summed E-state index contributed by atoms with van der Waals surface area (Å²) in [6, 6.07) is 6.04. The molecule has 1 saturated heterocycles. The lowest BCUT2D eigenvalue weighted by Gasteiger charge is -2.34. The summed E-state index contributed by atoms with van der Waals surface area (Å²) in [4.78, 5) is 16.2. The third-order valence-corrected chi connectivity index (χ3v) is 3.99. The second-order valence-corrected chi connectivity index (χ2v) is 5.65. The number of piperazine rings is 1. The monoisotopic (exact) mass is 333 g/mol. The smallest absolute Gasteiger partial charge is 0.276 e. The highest BCUT2D eigenvalue weighted by molar-refractivity contribution is 5.91. The van der Waals surface area contributed by atoms with Gasteiger partial charge >= 0.3 is 0 Å². The van der Waals surface area contributed by atoms with Crippen molar-refractivity contribution in [3.63, 3.8) is 0 Å². The van der Waals surface area contributed by atoms with Crippen molar-refractivity contribution in [2.75, 3.05) is 39.3 Å². The Morgan fingerprint density at radius 2 is 1.96 bits per heavy atom. The minimum Gasteiger partial charge on any atom is -0.494 e. The first-order valence-corrected chi connectivity index (χ1v) is 7.98. The quantitative estimate of drug-likeness (QED) is 0.803. The number of hydrogen-bond acceptors (Lipinski definition) is 5. The highest BCUT2D eigenvalue weighted by atomic mass is 19.1. The Bertz CT molecular complexity index is 639. The molecule has 1 aliphatic rings. The van der Waals surface area contributed by atoms with E-state index in [0.717, 1.165) is 26.1 Å². The molecule has 1 aliphatic heterocycles. The molecular formula is C16H20FN5O2. The fourth-order valence-electron chi connectivity index (χ4n) is 2.65. The lowest BCUT2D eigenvalue weighted by atomic mass is 10.2. The van der Waals surface area contributed by atoms with Gasteiger partial charge < -0.3 is 9.64 Å². The topological polar surface area (TPSA) is 74.4 Å². The first kappa shape index (κ1) is 16.4. The Hall–Kier alpha value is -2.48. The van der Waals surface area contributed by atoms with Crippen LogP contribution in [0.5, 0.6) is 5.75 Å². The molecule has 1 aromatic heterocycles. The zero-order chi connectivity index (χ0) is 16.8. The second-order valence-electron chi connectivity index (χ2n) is 5.65. The number of halogens is 1. The molecule has 128 valence electrons. The number of aromatic amines is 1. The van der Waals surface area contributed by atoms with Crippen molar-refractivity contribution in [1.82, 2.24) is 25.2 Å². The number of hydrogen-bond donors (Lipinski definition) is 1. The Balaban J connectivity index is 1.34. The summed E-state index contributed by atoms with van der Waals surface area (Å²) >= 11 is 0. The van der Waals surface area contributed by atoms with Gasteiger partial charge in [-0.25, -0.2) is 4.39 Å². The van der Waals surface area contributed by atoms with Crippen molar-refractivity contribution >= 4 is 5.91 Å². The summed E-state index contributed by atoms with van der Waals surface area (Å²) in [5.41, 5.74) is 0.358. The highest BCUT2D eigenvalue weighted by Crippen LogP contribution is 2.12. The summed E-state index contributed by atoms with van der Waals surface area (Å²) in [7, 11) is 0. The van der Waals surface area contributed by atoms with E-state index in [2.05, 4.69) is 20.3 Å². The van der Waals surface area contributed by atoms with Crippen LogP contribution in [0.15, 0.2) is 30.5 Å². The number of nitrogens with one attached hydrogen (secondary N) is 1. The van der Waals surface area contributed by atoms with Crippen molar-refractivity contribution in [3.05, 3.63) is 42.0 Å². The zero-order valence-corrected chi connectivity index (χ0v) is 13.3. The van der Waals surface area contributed by atoms with Crippen LogP contribution in [-0.2, 0) is 0 Å². The Morgan fingerprint density at radius 1 is 1.21 bits per heavy atom. The van der Waals surface area contributed by atoms with Crippen LogP contribution in [0.4, 0.5) is 4.39 Å². The van der Waals surface area contributed by atoms with Crippen molar-refractivity contribution in [2.24, 2.45) is 0 Å². The molecule has 0 atom stereocenters. The third kappa shape index (κ3) is 4.29. The molecular weight excluding hydrogens is 313 g/mol. The first-order valence-electron chi connectivity index (χ1n) is 7.98. The minimum absolute atomic E-state index is 0.0805. The molecule has 1 N–H and O–H groups in total. The van der Waals surface area contributed by atoms with Crippen LogP contribution in [0, 0.1) is 5.82 Å². The Labute approximate surface area is 139 Å². The maximum absolute atomic E-state index is 12.8. The molecule has 8 heteroatoms. The van der Waals surface area contributed by atoms with Crippen LogP contribution in [0.3, 0.4) is 0 Å². The van der Waals surface area contributed by atoms with Crippen LogP contribution in [0.1, 0.15) is 16.9 Å². The van der Waals surface area contributed by atoms with E-state index in [1.807, 2.05) is 0 Å². The van der Waals surface area contributed by atoms with Crippen LogP contribution in [0.2, 0.25) is 0 Å². The number of carbonyl (C=O) groups excluding carboxylic acids is 1. The molecule has 1 amide bonds. The fraction of sp³-hybridized carbons (Fsp3) is 0.438. The van der Waals surface area contributed by atoms with Gasteiger partial charge in [0.25, 0.3) is 5.91 Å². The molecule has 2 aromatic rings. The number of benzene rings is 1. The molecule has 0 spiro atoms. The zero-order valence-electron chi connectivity index (χ0n) is 13.3. The number of carbonyl (C=O) groups is 1. The van der Waals surface area contributed by atoms with Crippen molar-refractivity contribution < 1.29 is 13.9 Å². The number of H-pyrrole nitrogens is 1. The van der Waals surface area contributed by atoms with Gasteiger partial charge in [0.05, 0.1) is 12.8 Å². The van der Waals surface area contributed by atoms with Crippen molar-refractivity contribution in [1.29, 1.82) is 0 Å². The van der Waals surface area contributed by atoms with Gasteiger partial charge in [0.2, 0.25) is 0 Å². The van der Waals surface area contributed by atoms with Gasteiger partial charge in [0.1, 0.15) is 11.6 Å². The summed E-state index contributed by atoms with van der Waals surface area (Å²) in [6.07, 6.45) is 2.33. The van der Waals surface area contributed by atoms with E-state index in [0.29, 0.717) is 31.1 Å². The van der Waals surface area contributed by atoms with Gasteiger partial charge in [0, 0.05) is 32.7 Å². The number of aromatic nitrogens is 3. The predicted octanol–water partition coefficient (Wildman–Crippen LogP) is 1.17. The maximum atomic E-state index is 12.8. The number of rotatable bonds is 6. The molecule has 3 rings (SSSR count). The molecule has 0 radical (unpaired) electrons. The SMILES string of the molecule is O=C(c1cn[nH]n1)N1CCN(CCCOc2ccc(F)cc2)CC1. The van der Waals surface area contributed by atoms with Crippen LogP contribution >= 0.6 is 0 Å². The van der Waals surface area contributed by atoms with E-state index < -0.39 is 0 Å². The largest absolute Gasteiger partial charge is 0.494 e. The minimum atomic E-state index is -0.264. The Kier molecular flexibility index (Phi) is 5.37. The van der Waals surface area contributed by atoms with Gasteiger partial charge in [-0.1, -0.05) is 0 Å². The summed E-state index contributed by atoms with van der Waals surface area (Å²) in [5.74, 6) is 0.336. The van der Waals surface area contributed by atoms with E-state index in [-0.39, 0.29) is 11.7 Å². The number of nitrogens with zero attached hydrogens (tertiary/aromatic N) is 4. The van der Waals surface area contributed by atoms with Gasteiger partial charge in [0.15, 0.2) is 5.69 Å². The normalized spacial score (nSPS) is 15.5. The van der Waals surface area contributed by atoms with E-state index in [9.17, 15) is 9.18 Å². The molecule has 0 bridgehead atoms. The van der Waals surface area contributed by atoms with Gasteiger partial charge in [-0.15, -0.1) is 0 Å². The summed E-state index contributed by atoms with van der Waals surface area (Å²) in [6.45, 7) is 4.53. The van der Waals surface area contributed by atoms with Crippen molar-refractivity contribution in [3.8, 4) is 5.75 Å². The van der Waals surface area contributed by atoms with E-state index in [4.69, 9.17) is 4.74 Å². The second kappa shape index (κ2) is 7.87. The van der Waals surface area contributed by atoms with E-state index in [1.165, 1.54) is 18.3 Å².